The van der Waals surface area contributed by atoms with E-state index in [0.717, 1.165) is 5.56 Å². The van der Waals surface area contributed by atoms with Gasteiger partial charge in [0.05, 0.1) is 6.54 Å². The third kappa shape index (κ3) is 3.20. The van der Waals surface area contributed by atoms with Crippen molar-refractivity contribution in [1.29, 1.82) is 0 Å². The number of nitrogens with zero attached hydrogens (tertiary/aromatic N) is 1. The number of rotatable bonds is 4. The predicted octanol–water partition coefficient (Wildman–Crippen LogP) is 1.62. The lowest BCUT2D eigenvalue weighted by Crippen LogP contribution is -2.38. The van der Waals surface area contributed by atoms with Crippen molar-refractivity contribution in [1.82, 2.24) is 10.3 Å². The first-order chi connectivity index (χ1) is 8.99. The van der Waals surface area contributed by atoms with Crippen LogP contribution in [0.4, 0.5) is 0 Å². The van der Waals surface area contributed by atoms with Crippen LogP contribution in [0.1, 0.15) is 28.9 Å². The van der Waals surface area contributed by atoms with Gasteiger partial charge in [-0.25, -0.2) is 4.98 Å². The minimum atomic E-state index is -1.13. The Morgan fingerprint density at radius 3 is 2.68 bits per heavy atom. The van der Waals surface area contributed by atoms with Gasteiger partial charge in [0.2, 0.25) is 0 Å². The van der Waals surface area contributed by atoms with Crippen LogP contribution in [0.15, 0.2) is 41.0 Å². The molecule has 5 heteroatoms. The standard InChI is InChI=1S/C14H16N2O3/c1-10-16-12(8-19-10)13(17)15-9-14(2,18)11-6-4-3-5-7-11/h3-8,18H,9H2,1-2H3,(H,15,17). The number of benzene rings is 1. The van der Waals surface area contributed by atoms with Crippen LogP contribution in [-0.4, -0.2) is 22.5 Å². The van der Waals surface area contributed by atoms with Crippen molar-refractivity contribution in [3.8, 4) is 0 Å². The molecule has 19 heavy (non-hydrogen) atoms. The fraction of sp³-hybridized carbons (Fsp3) is 0.286. The number of aryl methyl sites for hydroxylation is 1. The Hall–Kier alpha value is -2.14. The maximum absolute atomic E-state index is 11.8. The van der Waals surface area contributed by atoms with Crippen LogP contribution in [0.2, 0.25) is 0 Å². The zero-order chi connectivity index (χ0) is 13.9. The SMILES string of the molecule is Cc1nc(C(=O)NCC(C)(O)c2ccccc2)co1. The van der Waals surface area contributed by atoms with Gasteiger partial charge in [-0.3, -0.25) is 4.79 Å². The van der Waals surface area contributed by atoms with Crippen LogP contribution < -0.4 is 5.32 Å². The molecule has 0 saturated heterocycles. The first-order valence-electron chi connectivity index (χ1n) is 5.97. The van der Waals surface area contributed by atoms with Crippen LogP contribution in [0.25, 0.3) is 0 Å². The molecule has 0 saturated carbocycles. The highest BCUT2D eigenvalue weighted by atomic mass is 16.3. The summed E-state index contributed by atoms with van der Waals surface area (Å²) in [7, 11) is 0. The van der Waals surface area contributed by atoms with Crippen molar-refractivity contribution in [2.24, 2.45) is 0 Å². The Labute approximate surface area is 111 Å². The Bertz CT molecular complexity index is 561. The van der Waals surface area contributed by atoms with Crippen molar-refractivity contribution in [2.75, 3.05) is 6.54 Å². The molecule has 1 atom stereocenters. The molecule has 2 N–H and O–H groups in total. The molecule has 0 bridgehead atoms. The van der Waals surface area contributed by atoms with Gasteiger partial charge in [0, 0.05) is 6.92 Å². The molecular formula is C14H16N2O3. The third-order valence-electron chi connectivity index (χ3n) is 2.84. The predicted molar refractivity (Wildman–Crippen MR) is 69.6 cm³/mol. The second kappa shape index (κ2) is 5.24. The number of nitrogens with one attached hydrogen (secondary N) is 1. The van der Waals surface area contributed by atoms with Crippen LogP contribution in [0.3, 0.4) is 0 Å². The smallest absolute Gasteiger partial charge is 0.273 e. The molecule has 1 heterocycles. The van der Waals surface area contributed by atoms with E-state index in [2.05, 4.69) is 10.3 Å². The number of aliphatic hydroxyl groups is 1. The average molecular weight is 260 g/mol. The molecule has 5 nitrogen and oxygen atoms in total. The molecule has 2 aromatic rings. The zero-order valence-corrected chi connectivity index (χ0v) is 10.9. The van der Waals surface area contributed by atoms with E-state index in [0.29, 0.717) is 5.89 Å². The summed E-state index contributed by atoms with van der Waals surface area (Å²) >= 11 is 0. The van der Waals surface area contributed by atoms with Gasteiger partial charge in [-0.1, -0.05) is 30.3 Å². The summed E-state index contributed by atoms with van der Waals surface area (Å²) in [6.45, 7) is 3.41. The molecule has 0 radical (unpaired) electrons. The second-order valence-corrected chi connectivity index (χ2v) is 4.57. The lowest BCUT2D eigenvalue weighted by atomic mass is 9.96. The van der Waals surface area contributed by atoms with Crippen molar-refractivity contribution in [3.05, 3.63) is 53.7 Å². The average Bonchev–Trinajstić information content (AvgIpc) is 2.84. The molecule has 0 spiro atoms. The normalized spacial score (nSPS) is 13.8. The number of amides is 1. The lowest BCUT2D eigenvalue weighted by Gasteiger charge is -2.23. The van der Waals surface area contributed by atoms with Gasteiger partial charge in [-0.2, -0.15) is 0 Å². The lowest BCUT2D eigenvalue weighted by molar-refractivity contribution is 0.0525. The van der Waals surface area contributed by atoms with Crippen molar-refractivity contribution in [2.45, 2.75) is 19.4 Å². The van der Waals surface area contributed by atoms with Crippen LogP contribution in [0.5, 0.6) is 0 Å². The molecule has 100 valence electrons. The number of hydrogen-bond donors (Lipinski definition) is 2. The van der Waals surface area contributed by atoms with E-state index in [1.54, 1.807) is 13.8 Å². The van der Waals surface area contributed by atoms with Gasteiger partial charge < -0.3 is 14.8 Å². The molecule has 0 aliphatic heterocycles. The summed E-state index contributed by atoms with van der Waals surface area (Å²) in [5, 5.41) is 13.0. The summed E-state index contributed by atoms with van der Waals surface area (Å²) in [6, 6.07) is 9.17. The first kappa shape index (κ1) is 13.3. The highest BCUT2D eigenvalue weighted by Gasteiger charge is 2.24. The minimum absolute atomic E-state index is 0.0990. The molecule has 1 amide bonds. The molecule has 0 aliphatic rings. The maximum Gasteiger partial charge on any atom is 0.273 e. The maximum atomic E-state index is 11.8. The highest BCUT2D eigenvalue weighted by molar-refractivity contribution is 5.91. The molecule has 1 aromatic heterocycles. The third-order valence-corrected chi connectivity index (χ3v) is 2.84. The summed E-state index contributed by atoms with van der Waals surface area (Å²) in [5.74, 6) is 0.0630. The van der Waals surface area contributed by atoms with E-state index in [1.165, 1.54) is 6.26 Å². The summed E-state index contributed by atoms with van der Waals surface area (Å²) in [6.07, 6.45) is 1.29. The van der Waals surface area contributed by atoms with Gasteiger partial charge >= 0.3 is 0 Å². The number of oxazole rings is 1. The molecule has 0 aliphatic carbocycles. The van der Waals surface area contributed by atoms with Gasteiger partial charge in [0.1, 0.15) is 11.9 Å². The molecule has 1 unspecified atom stereocenters. The second-order valence-electron chi connectivity index (χ2n) is 4.57. The highest BCUT2D eigenvalue weighted by Crippen LogP contribution is 2.19. The molecular weight excluding hydrogens is 244 g/mol. The van der Waals surface area contributed by atoms with Crippen molar-refractivity contribution >= 4 is 5.91 Å². The summed E-state index contributed by atoms with van der Waals surface area (Å²) < 4.78 is 4.97. The van der Waals surface area contributed by atoms with E-state index in [-0.39, 0.29) is 18.1 Å². The van der Waals surface area contributed by atoms with E-state index in [9.17, 15) is 9.90 Å². The quantitative estimate of drug-likeness (QED) is 0.876. The van der Waals surface area contributed by atoms with Crippen LogP contribution in [-0.2, 0) is 5.60 Å². The van der Waals surface area contributed by atoms with E-state index < -0.39 is 5.60 Å². The molecule has 1 aromatic carbocycles. The largest absolute Gasteiger partial charge is 0.448 e. The Balaban J connectivity index is 2.00. The number of hydrogen-bond acceptors (Lipinski definition) is 4. The summed E-state index contributed by atoms with van der Waals surface area (Å²) in [4.78, 5) is 15.7. The Morgan fingerprint density at radius 1 is 1.42 bits per heavy atom. The van der Waals surface area contributed by atoms with Gasteiger partial charge in [0.15, 0.2) is 11.6 Å². The monoisotopic (exact) mass is 260 g/mol. The van der Waals surface area contributed by atoms with E-state index >= 15 is 0 Å². The van der Waals surface area contributed by atoms with E-state index in [4.69, 9.17) is 4.42 Å². The van der Waals surface area contributed by atoms with Gasteiger partial charge in [0.25, 0.3) is 5.91 Å². The zero-order valence-electron chi connectivity index (χ0n) is 10.9. The first-order valence-corrected chi connectivity index (χ1v) is 5.97. The van der Waals surface area contributed by atoms with Crippen LogP contribution in [0, 0.1) is 6.92 Å². The number of aromatic nitrogens is 1. The summed E-state index contributed by atoms with van der Waals surface area (Å²) in [5.41, 5.74) is -0.177. The van der Waals surface area contributed by atoms with Gasteiger partial charge in [-0.05, 0) is 12.5 Å². The van der Waals surface area contributed by atoms with E-state index in [1.807, 2.05) is 30.3 Å². The van der Waals surface area contributed by atoms with Crippen molar-refractivity contribution in [3.63, 3.8) is 0 Å². The molecule has 0 fully saturated rings. The minimum Gasteiger partial charge on any atom is -0.448 e. The van der Waals surface area contributed by atoms with Crippen molar-refractivity contribution < 1.29 is 14.3 Å². The Morgan fingerprint density at radius 2 is 2.11 bits per heavy atom. The molecule has 2 rings (SSSR count). The Kier molecular flexibility index (Phi) is 3.66. The van der Waals surface area contributed by atoms with Gasteiger partial charge in [-0.15, -0.1) is 0 Å². The topological polar surface area (TPSA) is 75.4 Å². The van der Waals surface area contributed by atoms with Crippen LogP contribution >= 0.6 is 0 Å². The number of carbonyl (C=O) groups is 1. The fourth-order valence-electron chi connectivity index (χ4n) is 1.71. The fourth-order valence-corrected chi connectivity index (χ4v) is 1.71. The number of carbonyl (C=O) groups excluding carboxylic acids is 1.